The fourth-order valence-corrected chi connectivity index (χ4v) is 7.15. The molecule has 0 saturated heterocycles. The number of benzene rings is 8. The first-order valence-electron chi connectivity index (χ1n) is 16.8. The molecule has 4 nitrogen and oxygen atoms in total. The minimum atomic E-state index is -5.90. The van der Waals surface area contributed by atoms with Crippen LogP contribution in [0.3, 0.4) is 0 Å². The van der Waals surface area contributed by atoms with E-state index in [1.165, 1.54) is 6.07 Å². The Morgan fingerprint density at radius 3 is 1.40 bits per heavy atom. The number of alkyl halides is 3. The Bertz CT molecular complexity index is 2580. The molecular weight excluding hydrogens is 692 g/mol. The highest BCUT2D eigenvalue weighted by Gasteiger charge is 2.48. The molecule has 0 fully saturated rings. The van der Waals surface area contributed by atoms with Gasteiger partial charge in [0.15, 0.2) is 5.75 Å². The molecule has 0 spiro atoms. The lowest BCUT2D eigenvalue weighted by Crippen LogP contribution is -2.28. The highest BCUT2D eigenvalue weighted by Crippen LogP contribution is 2.42. The standard InChI is InChI=1S/C45H30F3NO3S/c46-45(47,48)53(50,51)52-43-30-29-40(42-28-21-35-13-7-8-14-41(35)44(42)43)36-19-26-39(27-20-36)49(37-22-15-33(16-23-37)31-9-3-1-4-10-31)38-24-17-34(18-25-38)32-11-5-2-6-12-32/h1-30H. The van der Waals surface area contributed by atoms with Crippen molar-refractivity contribution >= 4 is 48.7 Å². The molecule has 0 heterocycles. The third-order valence-corrected chi connectivity index (χ3v) is 10.2. The summed E-state index contributed by atoms with van der Waals surface area (Å²) in [6, 6.07) is 58.7. The minimum absolute atomic E-state index is 0.274. The van der Waals surface area contributed by atoms with E-state index in [1.54, 1.807) is 30.3 Å². The molecule has 0 aliphatic heterocycles. The number of hydrogen-bond donors (Lipinski definition) is 0. The van der Waals surface area contributed by atoms with E-state index < -0.39 is 21.4 Å². The maximum atomic E-state index is 13.4. The Morgan fingerprint density at radius 2 is 0.887 bits per heavy atom. The van der Waals surface area contributed by atoms with Gasteiger partial charge in [0.2, 0.25) is 0 Å². The molecule has 0 amide bonds. The van der Waals surface area contributed by atoms with E-state index in [0.29, 0.717) is 16.3 Å². The second-order valence-corrected chi connectivity index (χ2v) is 14.0. The van der Waals surface area contributed by atoms with Gasteiger partial charge in [0.25, 0.3) is 0 Å². The topological polar surface area (TPSA) is 46.6 Å². The first-order chi connectivity index (χ1) is 25.7. The molecule has 53 heavy (non-hydrogen) atoms. The number of halogens is 3. The normalized spacial score (nSPS) is 11.8. The van der Waals surface area contributed by atoms with Crippen molar-refractivity contribution in [1.29, 1.82) is 0 Å². The largest absolute Gasteiger partial charge is 0.534 e. The first-order valence-corrected chi connectivity index (χ1v) is 18.2. The predicted octanol–water partition coefficient (Wildman–Crippen LogP) is 12.7. The van der Waals surface area contributed by atoms with Crippen molar-refractivity contribution in [2.75, 3.05) is 4.90 Å². The van der Waals surface area contributed by atoms with Crippen LogP contribution in [-0.2, 0) is 10.1 Å². The maximum Gasteiger partial charge on any atom is 0.534 e. The molecule has 0 radical (unpaired) electrons. The molecule has 8 aromatic carbocycles. The van der Waals surface area contributed by atoms with Crippen LogP contribution >= 0.6 is 0 Å². The predicted molar refractivity (Wildman–Crippen MR) is 208 cm³/mol. The van der Waals surface area contributed by atoms with E-state index in [2.05, 4.69) is 77.7 Å². The summed E-state index contributed by atoms with van der Waals surface area (Å²) >= 11 is 0. The van der Waals surface area contributed by atoms with Gasteiger partial charge in [0.05, 0.1) is 0 Å². The molecule has 0 bridgehead atoms. The summed E-state index contributed by atoms with van der Waals surface area (Å²) in [6.07, 6.45) is 0. The van der Waals surface area contributed by atoms with E-state index >= 15 is 0 Å². The second-order valence-electron chi connectivity index (χ2n) is 12.5. The number of rotatable bonds is 8. The number of fused-ring (bicyclic) bond motifs is 3. The van der Waals surface area contributed by atoms with E-state index in [0.717, 1.165) is 50.3 Å². The van der Waals surface area contributed by atoms with Crippen LogP contribution < -0.4 is 9.08 Å². The van der Waals surface area contributed by atoms with Crippen molar-refractivity contribution in [3.8, 4) is 39.1 Å². The molecular formula is C45H30F3NO3S. The lowest BCUT2D eigenvalue weighted by molar-refractivity contribution is -0.0499. The maximum absolute atomic E-state index is 13.4. The fourth-order valence-electron chi connectivity index (χ4n) is 6.68. The Hall–Kier alpha value is -6.38. The van der Waals surface area contributed by atoms with Gasteiger partial charge in [-0.15, -0.1) is 0 Å². The number of hydrogen-bond acceptors (Lipinski definition) is 4. The van der Waals surface area contributed by atoms with E-state index in [-0.39, 0.29) is 5.39 Å². The van der Waals surface area contributed by atoms with E-state index in [4.69, 9.17) is 4.18 Å². The van der Waals surface area contributed by atoms with Gasteiger partial charge >= 0.3 is 15.6 Å². The quantitative estimate of drug-likeness (QED) is 0.0890. The Labute approximate surface area is 305 Å². The molecule has 0 aliphatic carbocycles. The van der Waals surface area contributed by atoms with Crippen molar-refractivity contribution < 1.29 is 25.8 Å². The Balaban J connectivity index is 1.21. The van der Waals surface area contributed by atoms with Crippen LogP contribution in [0.4, 0.5) is 30.2 Å². The molecule has 0 N–H and O–H groups in total. The summed E-state index contributed by atoms with van der Waals surface area (Å²) in [5, 5.41) is 2.13. The Morgan fingerprint density at radius 1 is 0.434 bits per heavy atom. The molecule has 8 aromatic rings. The monoisotopic (exact) mass is 721 g/mol. The van der Waals surface area contributed by atoms with Gasteiger partial charge < -0.3 is 9.08 Å². The lowest BCUT2D eigenvalue weighted by Gasteiger charge is -2.26. The van der Waals surface area contributed by atoms with Gasteiger partial charge in [0.1, 0.15) is 0 Å². The molecule has 0 unspecified atom stereocenters. The third-order valence-electron chi connectivity index (χ3n) is 9.25. The van der Waals surface area contributed by atoms with E-state index in [9.17, 15) is 21.6 Å². The van der Waals surface area contributed by atoms with Crippen molar-refractivity contribution in [3.63, 3.8) is 0 Å². The molecule has 0 aromatic heterocycles. The van der Waals surface area contributed by atoms with Crippen LogP contribution in [0, 0.1) is 0 Å². The first kappa shape index (κ1) is 33.7. The smallest absolute Gasteiger partial charge is 0.375 e. The average molecular weight is 722 g/mol. The summed E-state index contributed by atoms with van der Waals surface area (Å²) in [7, 11) is -5.90. The summed E-state index contributed by atoms with van der Waals surface area (Å²) in [4.78, 5) is 2.16. The molecule has 0 saturated carbocycles. The summed E-state index contributed by atoms with van der Waals surface area (Å²) < 4.78 is 69.2. The zero-order valence-corrected chi connectivity index (χ0v) is 28.9. The van der Waals surface area contributed by atoms with Crippen LogP contribution in [0.5, 0.6) is 5.75 Å². The average Bonchev–Trinajstić information content (AvgIpc) is 3.19. The van der Waals surface area contributed by atoms with Crippen LogP contribution in [0.15, 0.2) is 182 Å². The summed E-state index contributed by atoms with van der Waals surface area (Å²) in [5.41, 5.74) is 3.15. The van der Waals surface area contributed by atoms with E-state index in [1.807, 2.05) is 72.8 Å². The highest BCUT2D eigenvalue weighted by atomic mass is 32.2. The molecule has 8 heteroatoms. The molecule has 8 rings (SSSR count). The van der Waals surface area contributed by atoms with Gasteiger partial charge in [0, 0.05) is 22.4 Å². The number of nitrogens with zero attached hydrogens (tertiary/aromatic N) is 1. The van der Waals surface area contributed by atoms with Crippen LogP contribution in [0.1, 0.15) is 0 Å². The zero-order valence-electron chi connectivity index (χ0n) is 28.0. The molecule has 0 aliphatic rings. The van der Waals surface area contributed by atoms with Gasteiger partial charge in [-0.2, -0.15) is 21.6 Å². The summed E-state index contributed by atoms with van der Waals surface area (Å²) in [6.45, 7) is 0. The lowest BCUT2D eigenvalue weighted by atomic mass is 9.94. The molecule has 0 atom stereocenters. The van der Waals surface area contributed by atoms with Crippen molar-refractivity contribution in [1.82, 2.24) is 0 Å². The zero-order chi connectivity index (χ0) is 36.6. The van der Waals surface area contributed by atoms with Gasteiger partial charge in [-0.3, -0.25) is 0 Å². The fraction of sp³-hybridized carbons (Fsp3) is 0.0222. The number of anilines is 3. The van der Waals surface area contributed by atoms with Gasteiger partial charge in [-0.1, -0.05) is 133 Å². The van der Waals surface area contributed by atoms with Crippen LogP contribution in [0.25, 0.3) is 54.9 Å². The van der Waals surface area contributed by atoms with Crippen LogP contribution in [0.2, 0.25) is 0 Å². The third kappa shape index (κ3) is 6.61. The molecule has 260 valence electrons. The van der Waals surface area contributed by atoms with Crippen LogP contribution in [-0.4, -0.2) is 13.9 Å². The highest BCUT2D eigenvalue weighted by molar-refractivity contribution is 7.88. The van der Waals surface area contributed by atoms with Gasteiger partial charge in [-0.25, -0.2) is 0 Å². The van der Waals surface area contributed by atoms with Crippen molar-refractivity contribution in [2.45, 2.75) is 5.51 Å². The minimum Gasteiger partial charge on any atom is -0.375 e. The van der Waals surface area contributed by atoms with Gasteiger partial charge in [-0.05, 0) is 98.1 Å². The van der Waals surface area contributed by atoms with Crippen molar-refractivity contribution in [3.05, 3.63) is 182 Å². The SMILES string of the molecule is O=S(=O)(Oc1ccc(-c2ccc(N(c3ccc(-c4ccccc4)cc3)c3ccc(-c4ccccc4)cc3)cc2)c2ccc3ccccc3c12)C(F)(F)F. The summed E-state index contributed by atoms with van der Waals surface area (Å²) in [5.74, 6) is -0.390. The Kier molecular flexibility index (Phi) is 8.68. The van der Waals surface area contributed by atoms with Crippen molar-refractivity contribution in [2.24, 2.45) is 0 Å². The second kappa shape index (κ2) is 13.6.